The Bertz CT molecular complexity index is 933. The number of amidine groups is 1. The number of hydrogen-bond acceptors (Lipinski definition) is 4. The molecule has 2 aliphatic rings. The lowest BCUT2D eigenvalue weighted by Crippen LogP contribution is -2.35. The molecule has 1 saturated heterocycles. The average Bonchev–Trinajstić information content (AvgIpc) is 3.35. The average molecular weight is 348 g/mol. The largest absolute Gasteiger partial charge is 0.361 e. The molecule has 2 aromatic heterocycles. The van der Waals surface area contributed by atoms with Crippen molar-refractivity contribution < 1.29 is 0 Å². The first-order chi connectivity index (χ1) is 12.4. The van der Waals surface area contributed by atoms with Crippen molar-refractivity contribution >= 4 is 27.8 Å². The van der Waals surface area contributed by atoms with E-state index in [2.05, 4.69) is 64.4 Å². The summed E-state index contributed by atoms with van der Waals surface area (Å²) < 4.78 is 0. The number of aromatic nitrogens is 2. The van der Waals surface area contributed by atoms with Crippen LogP contribution in [0.3, 0.4) is 0 Å². The van der Waals surface area contributed by atoms with Crippen LogP contribution in [-0.2, 0) is 0 Å². The zero-order valence-corrected chi connectivity index (χ0v) is 14.9. The number of aliphatic imine (C=N–C) groups is 1. The van der Waals surface area contributed by atoms with Crippen LogP contribution in [0.5, 0.6) is 0 Å². The topological polar surface area (TPSA) is 44.3 Å². The number of rotatable bonds is 3. The van der Waals surface area contributed by atoms with Gasteiger partial charge >= 0.3 is 0 Å². The normalized spacial score (nSPS) is 25.4. The van der Waals surface area contributed by atoms with Gasteiger partial charge in [-0.05, 0) is 24.6 Å². The van der Waals surface area contributed by atoms with Crippen molar-refractivity contribution in [2.45, 2.75) is 31.5 Å². The van der Waals surface area contributed by atoms with Crippen LogP contribution in [0.4, 0.5) is 0 Å². The second-order valence-corrected chi connectivity index (χ2v) is 7.61. The molecule has 0 bridgehead atoms. The van der Waals surface area contributed by atoms with E-state index >= 15 is 0 Å². The van der Waals surface area contributed by atoms with Crippen LogP contribution < -0.4 is 0 Å². The fourth-order valence-electron chi connectivity index (χ4n) is 4.03. The number of benzene rings is 1. The first kappa shape index (κ1) is 15.0. The molecule has 3 atom stereocenters. The predicted octanol–water partition coefficient (Wildman–Crippen LogP) is 4.54. The third-order valence-electron chi connectivity index (χ3n) is 5.27. The van der Waals surface area contributed by atoms with E-state index in [1.807, 2.05) is 24.0 Å². The first-order valence-electron chi connectivity index (χ1n) is 8.82. The monoisotopic (exact) mass is 348 g/mol. The maximum atomic E-state index is 5.09. The molecule has 0 radical (unpaired) electrons. The van der Waals surface area contributed by atoms with E-state index in [-0.39, 0.29) is 12.1 Å². The van der Waals surface area contributed by atoms with Crippen LogP contribution in [0.25, 0.3) is 10.9 Å². The highest BCUT2D eigenvalue weighted by Gasteiger charge is 2.46. The molecular weight excluding hydrogens is 328 g/mol. The van der Waals surface area contributed by atoms with Crippen molar-refractivity contribution in [3.8, 4) is 0 Å². The minimum absolute atomic E-state index is 0.0530. The van der Waals surface area contributed by atoms with Crippen LogP contribution in [0.1, 0.15) is 36.7 Å². The van der Waals surface area contributed by atoms with Crippen molar-refractivity contribution in [2.24, 2.45) is 4.99 Å². The number of H-pyrrole nitrogens is 1. The van der Waals surface area contributed by atoms with Crippen molar-refractivity contribution in [1.82, 2.24) is 14.9 Å². The zero-order chi connectivity index (χ0) is 16.8. The van der Waals surface area contributed by atoms with E-state index in [1.165, 1.54) is 21.6 Å². The second-order valence-electron chi connectivity index (χ2n) is 6.63. The summed E-state index contributed by atoms with van der Waals surface area (Å²) in [6, 6.07) is 15.5. The maximum absolute atomic E-state index is 5.09. The number of aromatic amines is 1. The smallest absolute Gasteiger partial charge is 0.160 e. The highest BCUT2D eigenvalue weighted by molar-refractivity contribution is 8.14. The Balaban J connectivity index is 1.67. The van der Waals surface area contributed by atoms with Crippen LogP contribution in [0.2, 0.25) is 0 Å². The minimum atomic E-state index is 0.0530. The Morgan fingerprint density at radius 3 is 2.92 bits per heavy atom. The summed E-state index contributed by atoms with van der Waals surface area (Å²) in [6.45, 7) is 2.27. The molecule has 1 fully saturated rings. The standard InChI is InChI=1S/C20H20N4S/c1-2-13-12-25-20-23-18(17-9-5-6-10-21-17)19(24(13)20)15-11-22-16-8-4-3-7-14(15)16/h3-11,13,18-19,22H,2,12H2,1H3/t13-,18-,19+/m1/s1. The minimum Gasteiger partial charge on any atom is -0.361 e. The molecule has 0 saturated carbocycles. The SMILES string of the molecule is CC[C@@H]1CSC2=N[C@H](c3ccccn3)[C@H](c3c[nH]c4ccccc34)N21. The number of para-hydroxylation sites is 1. The number of pyridine rings is 1. The van der Waals surface area contributed by atoms with Gasteiger partial charge < -0.3 is 9.88 Å². The molecule has 25 heavy (non-hydrogen) atoms. The van der Waals surface area contributed by atoms with Gasteiger partial charge in [-0.25, -0.2) is 0 Å². The molecule has 4 nitrogen and oxygen atoms in total. The summed E-state index contributed by atoms with van der Waals surface area (Å²) >= 11 is 1.89. The molecule has 1 aromatic carbocycles. The van der Waals surface area contributed by atoms with Crippen molar-refractivity contribution in [3.63, 3.8) is 0 Å². The first-order valence-corrected chi connectivity index (χ1v) is 9.81. The molecule has 1 N–H and O–H groups in total. The summed E-state index contributed by atoms with van der Waals surface area (Å²) in [5, 5.41) is 2.47. The predicted molar refractivity (Wildman–Crippen MR) is 104 cm³/mol. The zero-order valence-electron chi connectivity index (χ0n) is 14.1. The molecule has 2 aliphatic heterocycles. The van der Waals surface area contributed by atoms with Gasteiger partial charge in [-0.3, -0.25) is 9.98 Å². The fourth-order valence-corrected chi connectivity index (χ4v) is 5.36. The Kier molecular flexibility index (Phi) is 3.55. The summed E-state index contributed by atoms with van der Waals surface area (Å²) in [5.41, 5.74) is 3.56. The van der Waals surface area contributed by atoms with Crippen molar-refractivity contribution in [1.29, 1.82) is 0 Å². The van der Waals surface area contributed by atoms with E-state index in [0.29, 0.717) is 6.04 Å². The van der Waals surface area contributed by atoms with Crippen molar-refractivity contribution in [3.05, 3.63) is 66.1 Å². The van der Waals surface area contributed by atoms with Gasteiger partial charge in [0.1, 0.15) is 6.04 Å². The van der Waals surface area contributed by atoms with Gasteiger partial charge in [0.25, 0.3) is 0 Å². The number of hydrogen-bond donors (Lipinski definition) is 1. The summed E-state index contributed by atoms with van der Waals surface area (Å²) in [4.78, 5) is 15.7. The summed E-state index contributed by atoms with van der Waals surface area (Å²) in [5.74, 6) is 1.13. The summed E-state index contributed by atoms with van der Waals surface area (Å²) in [6.07, 6.45) is 5.18. The Morgan fingerprint density at radius 1 is 1.20 bits per heavy atom. The lowest BCUT2D eigenvalue weighted by molar-refractivity contribution is 0.256. The van der Waals surface area contributed by atoms with Crippen LogP contribution in [0.15, 0.2) is 59.9 Å². The maximum Gasteiger partial charge on any atom is 0.160 e. The van der Waals surface area contributed by atoms with Gasteiger partial charge in [0.2, 0.25) is 0 Å². The van der Waals surface area contributed by atoms with Crippen LogP contribution >= 0.6 is 11.8 Å². The van der Waals surface area contributed by atoms with E-state index in [1.54, 1.807) is 0 Å². The molecular formula is C20H20N4S. The van der Waals surface area contributed by atoms with Gasteiger partial charge in [-0.1, -0.05) is 43.0 Å². The van der Waals surface area contributed by atoms with Crippen LogP contribution in [0, 0.1) is 0 Å². The van der Waals surface area contributed by atoms with Gasteiger partial charge in [-0.2, -0.15) is 0 Å². The second kappa shape index (κ2) is 5.92. The fraction of sp³-hybridized carbons (Fsp3) is 0.300. The molecule has 0 spiro atoms. The molecule has 4 heterocycles. The lowest BCUT2D eigenvalue weighted by Gasteiger charge is -2.31. The van der Waals surface area contributed by atoms with E-state index in [9.17, 15) is 0 Å². The highest BCUT2D eigenvalue weighted by Crippen LogP contribution is 2.49. The number of fused-ring (bicyclic) bond motifs is 2. The molecule has 3 aromatic rings. The summed E-state index contributed by atoms with van der Waals surface area (Å²) in [7, 11) is 0. The van der Waals surface area contributed by atoms with Gasteiger partial charge in [-0.15, -0.1) is 0 Å². The third-order valence-corrected chi connectivity index (χ3v) is 6.40. The number of nitrogens with zero attached hydrogens (tertiary/aromatic N) is 3. The molecule has 0 aliphatic carbocycles. The van der Waals surface area contributed by atoms with E-state index < -0.39 is 0 Å². The van der Waals surface area contributed by atoms with E-state index in [4.69, 9.17) is 4.99 Å². The van der Waals surface area contributed by atoms with Gasteiger partial charge in [0, 0.05) is 40.7 Å². The van der Waals surface area contributed by atoms with Crippen LogP contribution in [-0.4, -0.2) is 31.8 Å². The molecule has 0 amide bonds. The Labute approximate surface area is 151 Å². The Hall–Kier alpha value is -2.27. The third kappa shape index (κ3) is 2.29. The molecule has 5 rings (SSSR count). The molecule has 0 unspecified atom stereocenters. The molecule has 5 heteroatoms. The lowest BCUT2D eigenvalue weighted by atomic mass is 9.95. The number of nitrogens with one attached hydrogen (secondary N) is 1. The van der Waals surface area contributed by atoms with Gasteiger partial charge in [0.05, 0.1) is 11.7 Å². The quantitative estimate of drug-likeness (QED) is 0.755. The van der Waals surface area contributed by atoms with Gasteiger partial charge in [0.15, 0.2) is 5.17 Å². The highest BCUT2D eigenvalue weighted by atomic mass is 32.2. The van der Waals surface area contributed by atoms with Crippen molar-refractivity contribution in [2.75, 3.05) is 5.75 Å². The van der Waals surface area contributed by atoms with E-state index in [0.717, 1.165) is 17.9 Å². The Morgan fingerprint density at radius 2 is 2.08 bits per heavy atom. The number of thioether (sulfide) groups is 1. The molecule has 126 valence electrons.